The van der Waals surface area contributed by atoms with Crippen LogP contribution in [0.3, 0.4) is 0 Å². The van der Waals surface area contributed by atoms with E-state index in [0.29, 0.717) is 17.9 Å². The van der Waals surface area contributed by atoms with Gasteiger partial charge in [0.2, 0.25) is 0 Å². The molecule has 1 N–H and O–H groups in total. The Kier molecular flexibility index (Phi) is 3.60. The van der Waals surface area contributed by atoms with Crippen LogP contribution in [0, 0.1) is 0 Å². The number of carbonyl (C=O) groups is 1. The predicted molar refractivity (Wildman–Crippen MR) is 79.4 cm³/mol. The van der Waals surface area contributed by atoms with Gasteiger partial charge in [-0.2, -0.15) is 0 Å². The highest BCUT2D eigenvalue weighted by Crippen LogP contribution is 2.29. The maximum absolute atomic E-state index is 12.1. The van der Waals surface area contributed by atoms with Crippen molar-refractivity contribution < 1.29 is 14.3 Å². The van der Waals surface area contributed by atoms with Gasteiger partial charge in [0, 0.05) is 5.56 Å². The lowest BCUT2D eigenvalue weighted by Gasteiger charge is -2.27. The maximum atomic E-state index is 12.1. The molecule has 1 amide bonds. The molecule has 3 rings (SSSR count). The van der Waals surface area contributed by atoms with Crippen LogP contribution >= 0.6 is 0 Å². The first kappa shape index (κ1) is 13.2. The zero-order valence-electron chi connectivity index (χ0n) is 11.4. The molecule has 1 aliphatic rings. The van der Waals surface area contributed by atoms with Crippen LogP contribution in [-0.4, -0.2) is 12.5 Å². The van der Waals surface area contributed by atoms with E-state index in [1.165, 1.54) is 0 Å². The zero-order valence-corrected chi connectivity index (χ0v) is 11.4. The number of benzene rings is 2. The Morgan fingerprint density at radius 3 is 2.71 bits per heavy atom. The van der Waals surface area contributed by atoms with Gasteiger partial charge in [-0.05, 0) is 36.4 Å². The predicted octanol–water partition coefficient (Wildman–Crippen LogP) is 3.07. The van der Waals surface area contributed by atoms with Crippen molar-refractivity contribution in [2.45, 2.75) is 6.23 Å². The van der Waals surface area contributed by atoms with Crippen molar-refractivity contribution in [3.05, 3.63) is 72.3 Å². The van der Waals surface area contributed by atoms with Gasteiger partial charge in [-0.1, -0.05) is 24.8 Å². The summed E-state index contributed by atoms with van der Waals surface area (Å²) in [5.74, 6) is 1.22. The van der Waals surface area contributed by atoms with Gasteiger partial charge in [0.25, 0.3) is 5.91 Å². The Labute approximate surface area is 123 Å². The van der Waals surface area contributed by atoms with E-state index < -0.39 is 6.23 Å². The first-order valence-electron chi connectivity index (χ1n) is 6.68. The number of carbonyl (C=O) groups excluding carboxylic acids is 1. The van der Waals surface area contributed by atoms with Gasteiger partial charge in [-0.3, -0.25) is 4.79 Å². The largest absolute Gasteiger partial charge is 0.490 e. The molecule has 2 aromatic rings. The highest BCUT2D eigenvalue weighted by Gasteiger charge is 2.25. The highest BCUT2D eigenvalue weighted by atomic mass is 16.5. The van der Waals surface area contributed by atoms with Gasteiger partial charge in [-0.15, -0.1) is 0 Å². The van der Waals surface area contributed by atoms with E-state index in [4.69, 9.17) is 9.47 Å². The third-order valence-corrected chi connectivity index (χ3v) is 3.19. The molecule has 4 heteroatoms. The average molecular weight is 281 g/mol. The molecule has 1 heterocycles. The minimum atomic E-state index is -0.485. The molecule has 0 bridgehead atoms. The summed E-state index contributed by atoms with van der Waals surface area (Å²) < 4.78 is 11.2. The number of para-hydroxylation sites is 1. The van der Waals surface area contributed by atoms with E-state index in [1.54, 1.807) is 18.2 Å². The quantitative estimate of drug-likeness (QED) is 0.876. The molecule has 0 unspecified atom stereocenters. The van der Waals surface area contributed by atoms with Crippen LogP contribution in [0.15, 0.2) is 61.2 Å². The minimum Gasteiger partial charge on any atom is -0.490 e. The molecule has 0 fully saturated rings. The molecule has 106 valence electrons. The lowest BCUT2D eigenvalue weighted by molar-refractivity contribution is 0.0756. The topological polar surface area (TPSA) is 47.6 Å². The van der Waals surface area contributed by atoms with Gasteiger partial charge in [-0.25, -0.2) is 0 Å². The molecule has 1 atom stereocenters. The fourth-order valence-electron chi connectivity index (χ4n) is 2.16. The molecule has 0 aliphatic carbocycles. The number of hydrogen-bond acceptors (Lipinski definition) is 3. The van der Waals surface area contributed by atoms with Crippen molar-refractivity contribution in [3.63, 3.8) is 0 Å². The van der Waals surface area contributed by atoms with Crippen molar-refractivity contribution in [2.75, 3.05) is 6.61 Å². The van der Waals surface area contributed by atoms with Crippen LogP contribution in [0.1, 0.15) is 22.1 Å². The number of nitrogens with one attached hydrogen (secondary N) is 1. The normalized spacial score (nSPS) is 16.4. The molecular weight excluding hydrogens is 266 g/mol. The summed E-state index contributed by atoms with van der Waals surface area (Å²) in [7, 11) is 0. The second kappa shape index (κ2) is 5.71. The smallest absolute Gasteiger partial charge is 0.258 e. The Balaban J connectivity index is 1.79. The van der Waals surface area contributed by atoms with E-state index in [0.717, 1.165) is 11.3 Å². The van der Waals surface area contributed by atoms with Crippen molar-refractivity contribution in [1.29, 1.82) is 0 Å². The number of amides is 1. The second-order valence-corrected chi connectivity index (χ2v) is 4.64. The van der Waals surface area contributed by atoms with E-state index in [2.05, 4.69) is 11.9 Å². The molecule has 0 saturated carbocycles. The third-order valence-electron chi connectivity index (χ3n) is 3.19. The third kappa shape index (κ3) is 2.74. The summed E-state index contributed by atoms with van der Waals surface area (Å²) in [5.41, 5.74) is 1.42. The van der Waals surface area contributed by atoms with E-state index in [-0.39, 0.29) is 5.91 Å². The molecular formula is C17H15NO3. The first-order chi connectivity index (χ1) is 10.3. The molecule has 0 spiro atoms. The van der Waals surface area contributed by atoms with Crippen molar-refractivity contribution in [3.8, 4) is 11.5 Å². The van der Waals surface area contributed by atoms with E-state index >= 15 is 0 Å². The Morgan fingerprint density at radius 1 is 1.19 bits per heavy atom. The SMILES string of the molecule is C=CCOc1ccc([C@@H]2NC(=O)c3ccccc3O2)cc1. The van der Waals surface area contributed by atoms with Crippen LogP contribution in [0.25, 0.3) is 0 Å². The fourth-order valence-corrected chi connectivity index (χ4v) is 2.16. The van der Waals surface area contributed by atoms with Crippen LogP contribution < -0.4 is 14.8 Å². The molecule has 21 heavy (non-hydrogen) atoms. The van der Waals surface area contributed by atoms with Gasteiger partial charge in [0.05, 0.1) is 5.56 Å². The van der Waals surface area contributed by atoms with Gasteiger partial charge < -0.3 is 14.8 Å². The lowest BCUT2D eigenvalue weighted by atomic mass is 10.1. The summed E-state index contributed by atoms with van der Waals surface area (Å²) in [6, 6.07) is 14.6. The summed E-state index contributed by atoms with van der Waals surface area (Å²) in [4.78, 5) is 12.1. The van der Waals surface area contributed by atoms with Gasteiger partial charge in [0.1, 0.15) is 18.1 Å². The Morgan fingerprint density at radius 2 is 1.95 bits per heavy atom. The Hall–Kier alpha value is -2.75. The van der Waals surface area contributed by atoms with E-state index in [9.17, 15) is 4.79 Å². The number of hydrogen-bond donors (Lipinski definition) is 1. The summed E-state index contributed by atoms with van der Waals surface area (Å²) in [6.07, 6.45) is 1.20. The fraction of sp³-hybridized carbons (Fsp3) is 0.118. The number of ether oxygens (including phenoxy) is 2. The molecule has 2 aromatic carbocycles. The first-order valence-corrected chi connectivity index (χ1v) is 6.68. The molecule has 4 nitrogen and oxygen atoms in total. The molecule has 0 aromatic heterocycles. The minimum absolute atomic E-state index is 0.131. The standard InChI is InChI=1S/C17H15NO3/c1-2-11-20-13-9-7-12(8-10-13)17-18-16(19)14-5-3-4-6-15(14)21-17/h2-10,17H,1,11H2,(H,18,19)/t17-/m1/s1. The van der Waals surface area contributed by atoms with Gasteiger partial charge >= 0.3 is 0 Å². The van der Waals surface area contributed by atoms with Crippen LogP contribution in [0.2, 0.25) is 0 Å². The van der Waals surface area contributed by atoms with Crippen LogP contribution in [-0.2, 0) is 0 Å². The summed E-state index contributed by atoms with van der Waals surface area (Å²) in [6.45, 7) is 4.07. The second-order valence-electron chi connectivity index (χ2n) is 4.64. The average Bonchev–Trinajstić information content (AvgIpc) is 2.53. The summed E-state index contributed by atoms with van der Waals surface area (Å²) in [5, 5.41) is 2.83. The maximum Gasteiger partial charge on any atom is 0.258 e. The Bertz CT molecular complexity index is 664. The van der Waals surface area contributed by atoms with Gasteiger partial charge in [0.15, 0.2) is 6.23 Å². The van der Waals surface area contributed by atoms with Crippen LogP contribution in [0.5, 0.6) is 11.5 Å². The summed E-state index contributed by atoms with van der Waals surface area (Å²) >= 11 is 0. The lowest BCUT2D eigenvalue weighted by Crippen LogP contribution is -2.36. The molecule has 0 saturated heterocycles. The van der Waals surface area contributed by atoms with Crippen molar-refractivity contribution in [1.82, 2.24) is 5.32 Å². The monoisotopic (exact) mass is 281 g/mol. The molecule has 0 radical (unpaired) electrons. The number of fused-ring (bicyclic) bond motifs is 1. The zero-order chi connectivity index (χ0) is 14.7. The van der Waals surface area contributed by atoms with Crippen molar-refractivity contribution in [2.24, 2.45) is 0 Å². The van der Waals surface area contributed by atoms with Crippen LogP contribution in [0.4, 0.5) is 0 Å². The van der Waals surface area contributed by atoms with Crippen molar-refractivity contribution >= 4 is 5.91 Å². The molecule has 1 aliphatic heterocycles. The highest BCUT2D eigenvalue weighted by molar-refractivity contribution is 5.97. The van der Waals surface area contributed by atoms with E-state index in [1.807, 2.05) is 36.4 Å². The number of rotatable bonds is 4.